The van der Waals surface area contributed by atoms with Gasteiger partial charge in [0.05, 0.1) is 11.6 Å². The summed E-state index contributed by atoms with van der Waals surface area (Å²) in [6.45, 7) is 7.04. The highest BCUT2D eigenvalue weighted by molar-refractivity contribution is 5.43. The quantitative estimate of drug-likeness (QED) is 0.729. The van der Waals surface area contributed by atoms with Crippen LogP contribution in [-0.2, 0) is 0 Å². The first-order chi connectivity index (χ1) is 8.24. The zero-order valence-corrected chi connectivity index (χ0v) is 11.0. The topological polar surface area (TPSA) is 32.3 Å². The lowest BCUT2D eigenvalue weighted by atomic mass is 9.93. The number of allylic oxidation sites excluding steroid dienone is 4. The fourth-order valence-electron chi connectivity index (χ4n) is 2.81. The van der Waals surface area contributed by atoms with Gasteiger partial charge in [0.25, 0.3) is 0 Å². The first-order valence-corrected chi connectivity index (χ1v) is 6.73. The van der Waals surface area contributed by atoms with Crippen molar-refractivity contribution >= 4 is 0 Å². The average molecular weight is 233 g/mol. The third-order valence-electron chi connectivity index (χ3n) is 3.91. The minimum absolute atomic E-state index is 0.161. The number of piperidine rings is 1. The Balaban J connectivity index is 0.000000514. The summed E-state index contributed by atoms with van der Waals surface area (Å²) in [4.78, 5) is 0. The minimum Gasteiger partial charge on any atom is -0.388 e. The van der Waals surface area contributed by atoms with Crippen LogP contribution in [0.2, 0.25) is 0 Å². The van der Waals surface area contributed by atoms with Gasteiger partial charge < -0.3 is 10.4 Å². The van der Waals surface area contributed by atoms with Crippen molar-refractivity contribution in [1.82, 2.24) is 5.32 Å². The highest BCUT2D eigenvalue weighted by Gasteiger charge is 2.62. The molecule has 17 heavy (non-hydrogen) atoms. The zero-order chi connectivity index (χ0) is 12.5. The van der Waals surface area contributed by atoms with Gasteiger partial charge in [0, 0.05) is 12.5 Å². The molecule has 2 heteroatoms. The Morgan fingerprint density at radius 2 is 2.24 bits per heavy atom. The van der Waals surface area contributed by atoms with Crippen molar-refractivity contribution < 1.29 is 5.11 Å². The minimum atomic E-state index is -0.438. The number of aliphatic hydroxyl groups is 1. The molecule has 1 aliphatic heterocycles. The SMILES string of the molecule is CC.CC=C1C=C(C2NCC3CC32O)C=CC1. The first-order valence-electron chi connectivity index (χ1n) is 6.73. The van der Waals surface area contributed by atoms with E-state index in [1.807, 2.05) is 13.8 Å². The van der Waals surface area contributed by atoms with Crippen LogP contribution >= 0.6 is 0 Å². The van der Waals surface area contributed by atoms with Gasteiger partial charge in [-0.25, -0.2) is 0 Å². The van der Waals surface area contributed by atoms with Gasteiger partial charge in [0.1, 0.15) is 0 Å². The summed E-state index contributed by atoms with van der Waals surface area (Å²) in [5.74, 6) is 0.493. The van der Waals surface area contributed by atoms with E-state index >= 15 is 0 Å². The summed E-state index contributed by atoms with van der Waals surface area (Å²) in [7, 11) is 0. The van der Waals surface area contributed by atoms with Gasteiger partial charge in [-0.2, -0.15) is 0 Å². The molecule has 0 spiro atoms. The largest absolute Gasteiger partial charge is 0.388 e. The Kier molecular flexibility index (Phi) is 3.55. The molecule has 0 aromatic rings. The van der Waals surface area contributed by atoms with E-state index in [-0.39, 0.29) is 6.04 Å². The number of hydrogen-bond acceptors (Lipinski definition) is 2. The van der Waals surface area contributed by atoms with Crippen LogP contribution in [0.4, 0.5) is 0 Å². The van der Waals surface area contributed by atoms with Crippen LogP contribution < -0.4 is 5.32 Å². The average Bonchev–Trinajstić information content (AvgIpc) is 2.94. The molecular formula is C15H23NO. The van der Waals surface area contributed by atoms with Crippen LogP contribution in [0.5, 0.6) is 0 Å². The van der Waals surface area contributed by atoms with Gasteiger partial charge in [-0.05, 0) is 30.9 Å². The number of hydrogen-bond donors (Lipinski definition) is 2. The van der Waals surface area contributed by atoms with Gasteiger partial charge in [-0.3, -0.25) is 0 Å². The van der Waals surface area contributed by atoms with Crippen molar-refractivity contribution in [3.8, 4) is 0 Å². The van der Waals surface area contributed by atoms with Crippen LogP contribution in [0, 0.1) is 5.92 Å². The van der Waals surface area contributed by atoms with E-state index in [2.05, 4.69) is 36.5 Å². The Hall–Kier alpha value is -0.860. The molecule has 2 fully saturated rings. The maximum absolute atomic E-state index is 10.3. The van der Waals surface area contributed by atoms with E-state index in [4.69, 9.17) is 0 Å². The smallest absolute Gasteiger partial charge is 0.0886 e. The van der Waals surface area contributed by atoms with Crippen molar-refractivity contribution in [1.29, 1.82) is 0 Å². The molecule has 0 radical (unpaired) electrons. The third kappa shape index (κ3) is 2.12. The Morgan fingerprint density at radius 3 is 2.76 bits per heavy atom. The molecule has 0 amide bonds. The highest BCUT2D eigenvalue weighted by atomic mass is 16.3. The van der Waals surface area contributed by atoms with E-state index in [9.17, 15) is 5.11 Å². The van der Waals surface area contributed by atoms with E-state index < -0.39 is 5.60 Å². The molecule has 1 heterocycles. The van der Waals surface area contributed by atoms with Crippen LogP contribution in [0.3, 0.4) is 0 Å². The lowest BCUT2D eigenvalue weighted by molar-refractivity contribution is 0.129. The van der Waals surface area contributed by atoms with Gasteiger partial charge >= 0.3 is 0 Å². The zero-order valence-electron chi connectivity index (χ0n) is 11.0. The Bertz CT molecular complexity index is 378. The second kappa shape index (κ2) is 4.79. The number of rotatable bonds is 1. The molecule has 0 aromatic carbocycles. The summed E-state index contributed by atoms with van der Waals surface area (Å²) in [6.07, 6.45) is 10.7. The van der Waals surface area contributed by atoms with Crippen molar-refractivity contribution in [3.63, 3.8) is 0 Å². The molecule has 2 N–H and O–H groups in total. The fraction of sp³-hybridized carbons (Fsp3) is 0.600. The second-order valence-corrected chi connectivity index (χ2v) is 4.85. The molecule has 1 saturated heterocycles. The number of fused-ring (bicyclic) bond motifs is 1. The lowest BCUT2D eigenvalue weighted by Gasteiger charge is -2.22. The first kappa shape index (κ1) is 12.6. The predicted octanol–water partition coefficient (Wildman–Crippen LogP) is 2.57. The molecule has 3 unspecified atom stereocenters. The molecule has 94 valence electrons. The summed E-state index contributed by atoms with van der Waals surface area (Å²) < 4.78 is 0. The predicted molar refractivity (Wildman–Crippen MR) is 71.8 cm³/mol. The van der Waals surface area contributed by atoms with Crippen molar-refractivity contribution in [3.05, 3.63) is 35.5 Å². The number of nitrogens with one attached hydrogen (secondary N) is 1. The third-order valence-corrected chi connectivity index (χ3v) is 3.91. The van der Waals surface area contributed by atoms with E-state index in [1.165, 1.54) is 11.1 Å². The summed E-state index contributed by atoms with van der Waals surface area (Å²) in [5, 5.41) is 13.7. The molecule has 0 bridgehead atoms. The Labute approximate surface area is 104 Å². The van der Waals surface area contributed by atoms with Crippen LogP contribution in [0.25, 0.3) is 0 Å². The van der Waals surface area contributed by atoms with Crippen LogP contribution in [-0.4, -0.2) is 23.3 Å². The van der Waals surface area contributed by atoms with Crippen molar-refractivity contribution in [2.75, 3.05) is 6.54 Å². The normalized spacial score (nSPS) is 40.5. The standard InChI is InChI=1S/C13H17NO.C2H6/c1-2-9-4-3-5-10(6-9)12-13(15)7-11(13)8-14-12;1-2/h2-3,5-6,11-12,14-15H,4,7-8H2,1H3;1-2H3. The van der Waals surface area contributed by atoms with Gasteiger partial charge in [0.2, 0.25) is 0 Å². The summed E-state index contributed by atoms with van der Waals surface area (Å²) in [6, 6.07) is 0.161. The van der Waals surface area contributed by atoms with Crippen LogP contribution in [0.15, 0.2) is 35.5 Å². The molecule has 2 nitrogen and oxygen atoms in total. The Morgan fingerprint density at radius 1 is 1.47 bits per heavy atom. The van der Waals surface area contributed by atoms with Gasteiger partial charge in [-0.15, -0.1) is 0 Å². The fourth-order valence-corrected chi connectivity index (χ4v) is 2.81. The summed E-state index contributed by atoms with van der Waals surface area (Å²) >= 11 is 0. The highest BCUT2D eigenvalue weighted by Crippen LogP contribution is 2.52. The molecule has 3 aliphatic rings. The molecule has 3 rings (SSSR count). The lowest BCUT2D eigenvalue weighted by Crippen LogP contribution is -2.37. The van der Waals surface area contributed by atoms with Crippen LogP contribution in [0.1, 0.15) is 33.6 Å². The van der Waals surface area contributed by atoms with E-state index in [0.29, 0.717) is 5.92 Å². The van der Waals surface area contributed by atoms with Crippen molar-refractivity contribution in [2.45, 2.75) is 45.3 Å². The monoisotopic (exact) mass is 233 g/mol. The van der Waals surface area contributed by atoms with Crippen molar-refractivity contribution in [2.24, 2.45) is 5.92 Å². The van der Waals surface area contributed by atoms with E-state index in [0.717, 1.165) is 19.4 Å². The maximum atomic E-state index is 10.3. The van der Waals surface area contributed by atoms with E-state index in [1.54, 1.807) is 0 Å². The van der Waals surface area contributed by atoms with Gasteiger partial charge in [0.15, 0.2) is 0 Å². The second-order valence-electron chi connectivity index (χ2n) is 4.85. The molecule has 2 aliphatic carbocycles. The summed E-state index contributed by atoms with van der Waals surface area (Å²) in [5.41, 5.74) is 2.16. The molecular weight excluding hydrogens is 210 g/mol. The molecule has 0 aromatic heterocycles. The maximum Gasteiger partial charge on any atom is 0.0886 e. The molecule has 1 saturated carbocycles. The van der Waals surface area contributed by atoms with Gasteiger partial charge in [-0.1, -0.05) is 38.2 Å². The molecule has 3 atom stereocenters.